The van der Waals surface area contributed by atoms with Crippen molar-refractivity contribution in [1.29, 1.82) is 0 Å². The Morgan fingerprint density at radius 3 is 2.33 bits per heavy atom. The third-order valence-corrected chi connectivity index (χ3v) is 2.68. The molecular weight excluding hydrogens is 188 g/mol. The number of aliphatic hydroxyl groups is 1. The van der Waals surface area contributed by atoms with E-state index in [-0.39, 0.29) is 12.6 Å². The lowest BCUT2D eigenvalue weighted by Crippen LogP contribution is -2.34. The molecule has 3 heteroatoms. The van der Waals surface area contributed by atoms with Gasteiger partial charge >= 0.3 is 0 Å². The second-order valence-corrected chi connectivity index (χ2v) is 3.66. The van der Waals surface area contributed by atoms with Gasteiger partial charge in [0.05, 0.1) is 12.1 Å². The zero-order chi connectivity index (χ0) is 11.3. The van der Waals surface area contributed by atoms with E-state index in [1.165, 1.54) is 5.56 Å². The van der Waals surface area contributed by atoms with Crippen LogP contribution >= 0.6 is 0 Å². The third kappa shape index (κ3) is 3.02. The molecule has 0 aliphatic carbocycles. The first-order valence-electron chi connectivity index (χ1n) is 5.37. The number of rotatable bonds is 5. The Bertz CT molecular complexity index is 284. The first kappa shape index (κ1) is 12.2. The molecule has 0 amide bonds. The van der Waals surface area contributed by atoms with Crippen molar-refractivity contribution in [2.45, 2.75) is 25.5 Å². The van der Waals surface area contributed by atoms with Crippen molar-refractivity contribution in [3.63, 3.8) is 0 Å². The van der Waals surface area contributed by atoms with Gasteiger partial charge in [0, 0.05) is 6.54 Å². The van der Waals surface area contributed by atoms with Crippen molar-refractivity contribution in [2.24, 2.45) is 5.73 Å². The zero-order valence-corrected chi connectivity index (χ0v) is 9.40. The molecule has 84 valence electrons. The number of benzene rings is 1. The van der Waals surface area contributed by atoms with Gasteiger partial charge in [0.15, 0.2) is 0 Å². The van der Waals surface area contributed by atoms with Crippen molar-refractivity contribution in [3.8, 4) is 0 Å². The standard InChI is InChI=1S/C12H20N2O/c1-3-9-4-6-10(7-5-9)12(14-2)11(15)8-13/h4-7,11-12,14-15H,3,8,13H2,1-2H3. The summed E-state index contributed by atoms with van der Waals surface area (Å²) in [5, 5.41) is 12.8. The number of nitrogens with two attached hydrogens (primary N) is 1. The largest absolute Gasteiger partial charge is 0.390 e. The molecule has 2 unspecified atom stereocenters. The van der Waals surface area contributed by atoms with E-state index in [2.05, 4.69) is 24.4 Å². The minimum absolute atomic E-state index is 0.0825. The molecule has 0 saturated heterocycles. The summed E-state index contributed by atoms with van der Waals surface area (Å²) in [7, 11) is 1.83. The number of hydrogen-bond donors (Lipinski definition) is 3. The van der Waals surface area contributed by atoms with Gasteiger partial charge in [-0.1, -0.05) is 31.2 Å². The van der Waals surface area contributed by atoms with Gasteiger partial charge in [0.25, 0.3) is 0 Å². The Morgan fingerprint density at radius 2 is 1.93 bits per heavy atom. The molecular formula is C12H20N2O. The Balaban J connectivity index is 2.83. The van der Waals surface area contributed by atoms with Crippen LogP contribution in [0.2, 0.25) is 0 Å². The second kappa shape index (κ2) is 5.85. The summed E-state index contributed by atoms with van der Waals surface area (Å²) in [5.74, 6) is 0. The second-order valence-electron chi connectivity index (χ2n) is 3.66. The normalized spacial score (nSPS) is 14.9. The van der Waals surface area contributed by atoms with Crippen LogP contribution in [0.25, 0.3) is 0 Å². The van der Waals surface area contributed by atoms with Gasteiger partial charge in [-0.2, -0.15) is 0 Å². The van der Waals surface area contributed by atoms with Crippen LogP contribution in [0.1, 0.15) is 24.1 Å². The van der Waals surface area contributed by atoms with Crippen LogP contribution in [-0.4, -0.2) is 24.8 Å². The fraction of sp³-hybridized carbons (Fsp3) is 0.500. The molecule has 3 nitrogen and oxygen atoms in total. The van der Waals surface area contributed by atoms with Crippen LogP contribution in [-0.2, 0) is 6.42 Å². The van der Waals surface area contributed by atoms with Gasteiger partial charge < -0.3 is 16.2 Å². The summed E-state index contributed by atoms with van der Waals surface area (Å²) in [6, 6.07) is 8.17. The number of aliphatic hydroxyl groups excluding tert-OH is 1. The number of hydrogen-bond acceptors (Lipinski definition) is 3. The van der Waals surface area contributed by atoms with Crippen LogP contribution in [0.3, 0.4) is 0 Å². The van der Waals surface area contributed by atoms with Gasteiger partial charge in [0.1, 0.15) is 0 Å². The van der Waals surface area contributed by atoms with Gasteiger partial charge in [-0.3, -0.25) is 0 Å². The van der Waals surface area contributed by atoms with Crippen molar-refractivity contribution in [2.75, 3.05) is 13.6 Å². The van der Waals surface area contributed by atoms with E-state index in [1.807, 2.05) is 19.2 Å². The van der Waals surface area contributed by atoms with Gasteiger partial charge in [0.2, 0.25) is 0 Å². The van der Waals surface area contributed by atoms with Crippen LogP contribution in [0.5, 0.6) is 0 Å². The molecule has 1 rings (SSSR count). The monoisotopic (exact) mass is 208 g/mol. The first-order chi connectivity index (χ1) is 7.22. The van der Waals surface area contributed by atoms with Crippen molar-refractivity contribution in [1.82, 2.24) is 5.32 Å². The average molecular weight is 208 g/mol. The summed E-state index contributed by atoms with van der Waals surface area (Å²) in [4.78, 5) is 0. The molecule has 0 radical (unpaired) electrons. The highest BCUT2D eigenvalue weighted by atomic mass is 16.3. The average Bonchev–Trinajstić information content (AvgIpc) is 2.30. The van der Waals surface area contributed by atoms with Crippen LogP contribution in [0.4, 0.5) is 0 Å². The molecule has 0 fully saturated rings. The Kier molecular flexibility index (Phi) is 4.75. The smallest absolute Gasteiger partial charge is 0.0856 e. The molecule has 0 aliphatic heterocycles. The summed E-state index contributed by atoms with van der Waals surface area (Å²) in [6.45, 7) is 2.39. The summed E-state index contributed by atoms with van der Waals surface area (Å²) < 4.78 is 0. The van der Waals surface area contributed by atoms with E-state index in [0.717, 1.165) is 12.0 Å². The van der Waals surface area contributed by atoms with E-state index >= 15 is 0 Å². The SMILES string of the molecule is CCc1ccc(C(NC)C(O)CN)cc1. The summed E-state index contributed by atoms with van der Waals surface area (Å²) >= 11 is 0. The first-order valence-corrected chi connectivity index (χ1v) is 5.37. The highest BCUT2D eigenvalue weighted by Gasteiger charge is 2.17. The van der Waals surface area contributed by atoms with E-state index in [9.17, 15) is 5.11 Å². The number of likely N-dealkylation sites (N-methyl/N-ethyl adjacent to an activating group) is 1. The van der Waals surface area contributed by atoms with Crippen molar-refractivity contribution in [3.05, 3.63) is 35.4 Å². The van der Waals surface area contributed by atoms with Crippen LogP contribution in [0.15, 0.2) is 24.3 Å². The Morgan fingerprint density at radius 1 is 1.33 bits per heavy atom. The molecule has 1 aromatic carbocycles. The third-order valence-electron chi connectivity index (χ3n) is 2.68. The maximum atomic E-state index is 9.71. The number of aryl methyl sites for hydroxylation is 1. The highest BCUT2D eigenvalue weighted by molar-refractivity contribution is 5.25. The van der Waals surface area contributed by atoms with Crippen molar-refractivity contribution < 1.29 is 5.11 Å². The lowest BCUT2D eigenvalue weighted by atomic mass is 9.99. The topological polar surface area (TPSA) is 58.3 Å². The maximum absolute atomic E-state index is 9.71. The molecule has 2 atom stereocenters. The Hall–Kier alpha value is -0.900. The Labute approximate surface area is 91.3 Å². The summed E-state index contributed by atoms with van der Waals surface area (Å²) in [5.41, 5.74) is 7.83. The fourth-order valence-electron chi connectivity index (χ4n) is 1.68. The molecule has 0 aliphatic rings. The zero-order valence-electron chi connectivity index (χ0n) is 9.40. The maximum Gasteiger partial charge on any atom is 0.0856 e. The summed E-state index contributed by atoms with van der Waals surface area (Å²) in [6.07, 6.45) is 0.492. The highest BCUT2D eigenvalue weighted by Crippen LogP contribution is 2.17. The number of nitrogens with one attached hydrogen (secondary N) is 1. The van der Waals surface area contributed by atoms with E-state index in [0.29, 0.717) is 0 Å². The van der Waals surface area contributed by atoms with Gasteiger partial charge in [-0.05, 0) is 24.6 Å². The van der Waals surface area contributed by atoms with Crippen molar-refractivity contribution >= 4 is 0 Å². The molecule has 4 N–H and O–H groups in total. The minimum atomic E-state index is -0.539. The molecule has 0 heterocycles. The van der Waals surface area contributed by atoms with E-state index in [4.69, 9.17) is 5.73 Å². The lowest BCUT2D eigenvalue weighted by Gasteiger charge is -2.21. The molecule has 1 aromatic rings. The predicted molar refractivity (Wildman–Crippen MR) is 62.7 cm³/mol. The van der Waals surface area contributed by atoms with Gasteiger partial charge in [-0.15, -0.1) is 0 Å². The molecule has 0 aromatic heterocycles. The minimum Gasteiger partial charge on any atom is -0.390 e. The van der Waals surface area contributed by atoms with Crippen LogP contribution in [0, 0.1) is 0 Å². The molecule has 0 saturated carbocycles. The lowest BCUT2D eigenvalue weighted by molar-refractivity contribution is 0.139. The van der Waals surface area contributed by atoms with E-state index in [1.54, 1.807) is 0 Å². The van der Waals surface area contributed by atoms with E-state index < -0.39 is 6.10 Å². The van der Waals surface area contributed by atoms with Crippen LogP contribution < -0.4 is 11.1 Å². The predicted octanol–water partition coefficient (Wildman–Crippen LogP) is 0.829. The fourth-order valence-corrected chi connectivity index (χ4v) is 1.68. The molecule has 15 heavy (non-hydrogen) atoms. The molecule has 0 bridgehead atoms. The quantitative estimate of drug-likeness (QED) is 0.671. The molecule has 0 spiro atoms. The van der Waals surface area contributed by atoms with Gasteiger partial charge in [-0.25, -0.2) is 0 Å².